The summed E-state index contributed by atoms with van der Waals surface area (Å²) in [7, 11) is 0. The van der Waals surface area contributed by atoms with Crippen LogP contribution in [0.4, 0.5) is 0 Å². The van der Waals surface area contributed by atoms with E-state index < -0.39 is 5.91 Å². The van der Waals surface area contributed by atoms with Gasteiger partial charge in [0.05, 0.1) is 21.9 Å². The minimum Gasteiger partial charge on any atom is -0.366 e. The number of hydrogen-bond acceptors (Lipinski definition) is 2. The normalized spacial score (nSPS) is 10.4. The molecule has 0 spiro atoms. The lowest BCUT2D eigenvalue weighted by Gasteiger charge is -2.06. The van der Waals surface area contributed by atoms with E-state index in [1.807, 2.05) is 0 Å². The van der Waals surface area contributed by atoms with Crippen LogP contribution in [0.2, 0.25) is 5.02 Å². The molecule has 0 atom stereocenters. The molecule has 0 aliphatic heterocycles. The molecule has 0 bridgehead atoms. The molecule has 4 nitrogen and oxygen atoms in total. The summed E-state index contributed by atoms with van der Waals surface area (Å²) in [6, 6.07) is 4.83. The van der Waals surface area contributed by atoms with Gasteiger partial charge in [-0.3, -0.25) is 4.79 Å². The van der Waals surface area contributed by atoms with Crippen molar-refractivity contribution >= 4 is 33.4 Å². The van der Waals surface area contributed by atoms with Gasteiger partial charge in [-0.2, -0.15) is 5.10 Å². The molecule has 0 saturated heterocycles. The van der Waals surface area contributed by atoms with Gasteiger partial charge in [0.15, 0.2) is 0 Å². The van der Waals surface area contributed by atoms with E-state index in [0.29, 0.717) is 16.3 Å². The summed E-state index contributed by atoms with van der Waals surface area (Å²) >= 11 is 9.15. The molecule has 1 amide bonds. The van der Waals surface area contributed by atoms with Crippen LogP contribution in [0, 0.1) is 0 Å². The lowest BCUT2D eigenvalue weighted by molar-refractivity contribution is 0.1000. The zero-order valence-corrected chi connectivity index (χ0v) is 10.4. The topological polar surface area (TPSA) is 60.9 Å². The Kier molecular flexibility index (Phi) is 2.98. The largest absolute Gasteiger partial charge is 0.366 e. The van der Waals surface area contributed by atoms with Gasteiger partial charge in [0, 0.05) is 11.2 Å². The number of rotatable bonds is 2. The third-order valence-electron chi connectivity index (χ3n) is 2.02. The predicted molar refractivity (Wildman–Crippen MR) is 64.8 cm³/mol. The van der Waals surface area contributed by atoms with Gasteiger partial charge in [0.1, 0.15) is 0 Å². The predicted octanol–water partition coefficient (Wildman–Crippen LogP) is 2.39. The van der Waals surface area contributed by atoms with Crippen molar-refractivity contribution in [2.45, 2.75) is 0 Å². The fourth-order valence-corrected chi connectivity index (χ4v) is 1.79. The fraction of sp³-hybridized carbons (Fsp3) is 0. The van der Waals surface area contributed by atoms with Crippen LogP contribution >= 0.6 is 27.5 Å². The van der Waals surface area contributed by atoms with Gasteiger partial charge in [-0.25, -0.2) is 4.68 Å². The van der Waals surface area contributed by atoms with Gasteiger partial charge in [-0.05, 0) is 34.1 Å². The van der Waals surface area contributed by atoms with Crippen molar-refractivity contribution in [3.8, 4) is 5.69 Å². The number of benzene rings is 1. The van der Waals surface area contributed by atoms with Crippen LogP contribution < -0.4 is 5.73 Å². The number of nitrogens with zero attached hydrogens (tertiary/aromatic N) is 2. The number of carbonyl (C=O) groups excluding carboxylic acids is 1. The number of carbonyl (C=O) groups is 1. The molecular formula is C10H7BrClN3O. The first kappa shape index (κ1) is 11.2. The standard InChI is InChI=1S/C10H7BrClN3O/c11-6-4-14-15(5-6)9-3-7(12)1-2-8(9)10(13)16/h1-5H,(H2,13,16). The van der Waals surface area contributed by atoms with Gasteiger partial charge in [-0.15, -0.1) is 0 Å². The Labute approximate surface area is 105 Å². The van der Waals surface area contributed by atoms with E-state index >= 15 is 0 Å². The third-order valence-corrected chi connectivity index (χ3v) is 2.67. The Morgan fingerprint density at radius 3 is 2.81 bits per heavy atom. The molecule has 2 aromatic rings. The van der Waals surface area contributed by atoms with Crippen LogP contribution in [-0.2, 0) is 0 Å². The molecule has 1 aromatic heterocycles. The van der Waals surface area contributed by atoms with Crippen molar-refractivity contribution in [2.75, 3.05) is 0 Å². The van der Waals surface area contributed by atoms with Crippen LogP contribution in [0.5, 0.6) is 0 Å². The molecule has 16 heavy (non-hydrogen) atoms. The minimum atomic E-state index is -0.515. The molecule has 0 saturated carbocycles. The molecule has 82 valence electrons. The van der Waals surface area contributed by atoms with Gasteiger partial charge < -0.3 is 5.73 Å². The van der Waals surface area contributed by atoms with Crippen molar-refractivity contribution in [1.29, 1.82) is 0 Å². The molecule has 0 aliphatic carbocycles. The maximum absolute atomic E-state index is 11.2. The molecule has 1 heterocycles. The third kappa shape index (κ3) is 2.10. The Hall–Kier alpha value is -1.33. The summed E-state index contributed by atoms with van der Waals surface area (Å²) in [4.78, 5) is 11.2. The lowest BCUT2D eigenvalue weighted by atomic mass is 10.1. The van der Waals surface area contributed by atoms with Crippen molar-refractivity contribution in [3.63, 3.8) is 0 Å². The van der Waals surface area contributed by atoms with Crippen molar-refractivity contribution in [2.24, 2.45) is 5.73 Å². The minimum absolute atomic E-state index is 0.375. The first-order chi connectivity index (χ1) is 7.58. The van der Waals surface area contributed by atoms with Gasteiger partial charge in [0.25, 0.3) is 5.91 Å². The first-order valence-electron chi connectivity index (χ1n) is 4.38. The monoisotopic (exact) mass is 299 g/mol. The molecule has 0 aliphatic rings. The Balaban J connectivity index is 2.62. The van der Waals surface area contributed by atoms with E-state index in [-0.39, 0.29) is 0 Å². The molecule has 2 N–H and O–H groups in total. The summed E-state index contributed by atoms with van der Waals surface area (Å²) in [5.74, 6) is -0.515. The Morgan fingerprint density at radius 2 is 2.25 bits per heavy atom. The quantitative estimate of drug-likeness (QED) is 0.925. The first-order valence-corrected chi connectivity index (χ1v) is 5.55. The summed E-state index contributed by atoms with van der Waals surface area (Å²) in [5, 5.41) is 4.59. The Bertz CT molecular complexity index is 553. The van der Waals surface area contributed by atoms with Crippen molar-refractivity contribution in [3.05, 3.63) is 45.7 Å². The van der Waals surface area contributed by atoms with E-state index in [4.69, 9.17) is 17.3 Å². The molecule has 2 rings (SSSR count). The van der Waals surface area contributed by atoms with Crippen molar-refractivity contribution in [1.82, 2.24) is 9.78 Å². The summed E-state index contributed by atoms with van der Waals surface area (Å²) in [6.45, 7) is 0. The number of nitrogens with two attached hydrogens (primary N) is 1. The molecular weight excluding hydrogens is 293 g/mol. The van der Waals surface area contributed by atoms with Gasteiger partial charge >= 0.3 is 0 Å². The number of primary amides is 1. The zero-order chi connectivity index (χ0) is 11.7. The van der Waals surface area contributed by atoms with Crippen LogP contribution in [0.25, 0.3) is 5.69 Å². The van der Waals surface area contributed by atoms with E-state index in [0.717, 1.165) is 4.47 Å². The maximum Gasteiger partial charge on any atom is 0.250 e. The van der Waals surface area contributed by atoms with Crippen LogP contribution in [0.15, 0.2) is 35.1 Å². The molecule has 0 radical (unpaired) electrons. The highest BCUT2D eigenvalue weighted by molar-refractivity contribution is 9.10. The highest BCUT2D eigenvalue weighted by Crippen LogP contribution is 2.20. The fourth-order valence-electron chi connectivity index (χ4n) is 1.34. The summed E-state index contributed by atoms with van der Waals surface area (Å²) in [6.07, 6.45) is 3.34. The highest BCUT2D eigenvalue weighted by Gasteiger charge is 2.11. The van der Waals surface area contributed by atoms with E-state index in [1.165, 1.54) is 4.68 Å². The molecule has 0 fully saturated rings. The summed E-state index contributed by atoms with van der Waals surface area (Å²) < 4.78 is 2.35. The number of amides is 1. The van der Waals surface area contributed by atoms with E-state index in [9.17, 15) is 4.79 Å². The van der Waals surface area contributed by atoms with E-state index in [1.54, 1.807) is 30.6 Å². The maximum atomic E-state index is 11.2. The average Bonchev–Trinajstić information content (AvgIpc) is 2.64. The summed E-state index contributed by atoms with van der Waals surface area (Å²) in [5.41, 5.74) is 6.21. The second-order valence-corrected chi connectivity index (χ2v) is 4.48. The van der Waals surface area contributed by atoms with E-state index in [2.05, 4.69) is 21.0 Å². The molecule has 0 unspecified atom stereocenters. The number of halogens is 2. The second-order valence-electron chi connectivity index (χ2n) is 3.13. The number of aromatic nitrogens is 2. The van der Waals surface area contributed by atoms with Gasteiger partial charge in [0.2, 0.25) is 0 Å². The molecule has 1 aromatic carbocycles. The lowest BCUT2D eigenvalue weighted by Crippen LogP contribution is -2.14. The highest BCUT2D eigenvalue weighted by atomic mass is 79.9. The zero-order valence-electron chi connectivity index (χ0n) is 8.02. The number of hydrogen-bond donors (Lipinski definition) is 1. The Morgan fingerprint density at radius 1 is 1.50 bits per heavy atom. The smallest absolute Gasteiger partial charge is 0.250 e. The van der Waals surface area contributed by atoms with Crippen LogP contribution in [0.1, 0.15) is 10.4 Å². The van der Waals surface area contributed by atoms with Crippen LogP contribution in [0.3, 0.4) is 0 Å². The van der Waals surface area contributed by atoms with Gasteiger partial charge in [-0.1, -0.05) is 11.6 Å². The second kappa shape index (κ2) is 4.27. The van der Waals surface area contributed by atoms with Crippen molar-refractivity contribution < 1.29 is 4.79 Å². The molecule has 6 heteroatoms. The van der Waals surface area contributed by atoms with Crippen LogP contribution in [-0.4, -0.2) is 15.7 Å². The SMILES string of the molecule is NC(=O)c1ccc(Cl)cc1-n1cc(Br)cn1. The average molecular weight is 301 g/mol.